The van der Waals surface area contributed by atoms with E-state index in [0.717, 1.165) is 25.3 Å². The molecule has 88 valence electrons. The lowest BCUT2D eigenvalue weighted by Gasteiger charge is -2.02. The molecule has 0 N–H and O–H groups in total. The number of nitro benzene ring substituents is 2. The van der Waals surface area contributed by atoms with Crippen LogP contribution in [0, 0.1) is 20.2 Å². The third kappa shape index (κ3) is 2.41. The largest absolute Gasteiger partial charge is 0.485 e. The highest BCUT2D eigenvalue weighted by molar-refractivity contribution is 5.68. The van der Waals surface area contributed by atoms with E-state index in [0.29, 0.717) is 0 Å². The van der Waals surface area contributed by atoms with Gasteiger partial charge in [0.25, 0.3) is 5.75 Å². The zero-order valence-corrected chi connectivity index (χ0v) is 8.45. The summed E-state index contributed by atoms with van der Waals surface area (Å²) in [6.45, 7) is 0. The van der Waals surface area contributed by atoms with E-state index in [4.69, 9.17) is 0 Å². The Balaban J connectivity index is 3.62. The first-order valence-electron chi connectivity index (χ1n) is 4.10. The number of methoxy groups -OCH3 is 1. The van der Waals surface area contributed by atoms with Crippen molar-refractivity contribution in [1.82, 2.24) is 0 Å². The van der Waals surface area contributed by atoms with Gasteiger partial charge in [-0.15, -0.1) is 0 Å². The topological polar surface area (TPSA) is 125 Å². The minimum absolute atomic E-state index is 0.237. The predicted octanol–water partition coefficient (Wildman–Crippen LogP) is 1.48. The number of hydrogen-bond acceptors (Lipinski definition) is 7. The van der Waals surface area contributed by atoms with Crippen molar-refractivity contribution in [3.05, 3.63) is 32.4 Å². The summed E-state index contributed by atoms with van der Waals surface area (Å²) in [6, 6.07) is 1.77. The van der Waals surface area contributed by atoms with Crippen LogP contribution in [0.2, 0.25) is 0 Å². The molecule has 0 heterocycles. The number of hydrogen-bond donors (Lipinski definition) is 0. The van der Waals surface area contributed by atoms with Gasteiger partial charge in [-0.3, -0.25) is 20.2 Å². The van der Waals surface area contributed by atoms with Crippen LogP contribution in [0.15, 0.2) is 17.1 Å². The molecule has 0 aliphatic heterocycles. The van der Waals surface area contributed by atoms with Crippen molar-refractivity contribution in [1.29, 1.82) is 0 Å². The number of nitrogens with zero attached hydrogens (tertiary/aromatic N) is 3. The fourth-order valence-corrected chi connectivity index (χ4v) is 1.18. The van der Waals surface area contributed by atoms with E-state index >= 15 is 0 Å². The monoisotopic (exact) mass is 239 g/mol. The molecular weight excluding hydrogens is 234 g/mol. The Bertz CT molecular complexity index is 499. The second-order valence-electron chi connectivity index (χ2n) is 2.73. The summed E-state index contributed by atoms with van der Waals surface area (Å²) in [6.07, 6.45) is 1.14. The quantitative estimate of drug-likeness (QED) is 0.339. The average Bonchev–Trinajstić information content (AvgIpc) is 2.28. The fourth-order valence-electron chi connectivity index (χ4n) is 1.18. The van der Waals surface area contributed by atoms with Crippen molar-refractivity contribution in [2.45, 2.75) is 0 Å². The van der Waals surface area contributed by atoms with Gasteiger partial charge in [-0.2, -0.15) is 4.99 Å². The normalized spacial score (nSPS) is 9.24. The van der Waals surface area contributed by atoms with Crippen LogP contribution in [0.1, 0.15) is 0 Å². The Morgan fingerprint density at radius 2 is 1.71 bits per heavy atom. The van der Waals surface area contributed by atoms with Crippen molar-refractivity contribution < 1.29 is 19.4 Å². The van der Waals surface area contributed by atoms with Crippen LogP contribution in [0.3, 0.4) is 0 Å². The fraction of sp³-hybridized carbons (Fsp3) is 0.125. The Hall–Kier alpha value is -2.80. The van der Waals surface area contributed by atoms with Crippen molar-refractivity contribution in [3.63, 3.8) is 0 Å². The van der Waals surface area contributed by atoms with Crippen LogP contribution in [-0.2, 0) is 4.79 Å². The Morgan fingerprint density at radius 1 is 1.24 bits per heavy atom. The number of nitro groups is 2. The molecule has 9 nitrogen and oxygen atoms in total. The minimum Gasteiger partial charge on any atom is -0.485 e. The van der Waals surface area contributed by atoms with E-state index in [1.54, 1.807) is 0 Å². The smallest absolute Gasteiger partial charge is 0.320 e. The van der Waals surface area contributed by atoms with Crippen LogP contribution in [-0.4, -0.2) is 23.0 Å². The molecule has 0 radical (unpaired) electrons. The number of isocyanates is 1. The first-order valence-corrected chi connectivity index (χ1v) is 4.10. The van der Waals surface area contributed by atoms with Crippen molar-refractivity contribution >= 4 is 23.1 Å². The molecule has 0 saturated carbocycles. The number of ether oxygens (including phenoxy) is 1. The molecule has 1 rings (SSSR count). The summed E-state index contributed by atoms with van der Waals surface area (Å²) in [4.78, 5) is 32.7. The summed E-state index contributed by atoms with van der Waals surface area (Å²) >= 11 is 0. The van der Waals surface area contributed by atoms with Gasteiger partial charge in [0.05, 0.1) is 22.6 Å². The van der Waals surface area contributed by atoms with Gasteiger partial charge in [-0.1, -0.05) is 0 Å². The summed E-state index contributed by atoms with van der Waals surface area (Å²) in [7, 11) is 1.07. The number of carbonyl (C=O) groups excluding carboxylic acids is 1. The standard InChI is InChI=1S/C8H5N3O6/c1-17-8-6(10(13)14)2-5(9-4-12)3-7(8)11(15)16/h2-3H,1H3. The molecule has 0 spiro atoms. The zero-order chi connectivity index (χ0) is 13.0. The second-order valence-corrected chi connectivity index (χ2v) is 2.73. The lowest BCUT2D eigenvalue weighted by molar-refractivity contribution is -0.395. The SMILES string of the molecule is COc1c([N+](=O)[O-])cc(N=C=O)cc1[N+](=O)[O-]. The third-order valence-corrected chi connectivity index (χ3v) is 1.81. The summed E-state index contributed by atoms with van der Waals surface area (Å²) < 4.78 is 4.61. The molecular formula is C8H5N3O6. The highest BCUT2D eigenvalue weighted by Gasteiger charge is 2.27. The molecule has 0 amide bonds. The van der Waals surface area contributed by atoms with E-state index in [1.807, 2.05) is 0 Å². The molecule has 0 atom stereocenters. The van der Waals surface area contributed by atoms with Gasteiger partial charge >= 0.3 is 11.4 Å². The maximum atomic E-state index is 10.7. The first kappa shape index (κ1) is 12.3. The van der Waals surface area contributed by atoms with Crippen LogP contribution in [0.5, 0.6) is 5.75 Å². The molecule has 0 aliphatic rings. The highest BCUT2D eigenvalue weighted by Crippen LogP contribution is 2.40. The van der Waals surface area contributed by atoms with Gasteiger partial charge in [-0.05, 0) is 0 Å². The third-order valence-electron chi connectivity index (χ3n) is 1.81. The zero-order valence-electron chi connectivity index (χ0n) is 8.45. The maximum absolute atomic E-state index is 10.7. The maximum Gasteiger partial charge on any atom is 0.320 e. The first-order chi connectivity index (χ1) is 8.01. The van der Waals surface area contributed by atoms with Gasteiger partial charge in [0.1, 0.15) is 0 Å². The van der Waals surface area contributed by atoms with E-state index in [1.165, 1.54) is 0 Å². The second kappa shape index (κ2) is 4.81. The molecule has 0 fully saturated rings. The van der Waals surface area contributed by atoms with E-state index in [2.05, 4.69) is 9.73 Å². The molecule has 9 heteroatoms. The average molecular weight is 239 g/mol. The van der Waals surface area contributed by atoms with Crippen molar-refractivity contribution in [2.24, 2.45) is 4.99 Å². The minimum atomic E-state index is -0.865. The molecule has 0 aliphatic carbocycles. The summed E-state index contributed by atoms with van der Waals surface area (Å²) in [5.74, 6) is -0.496. The summed E-state index contributed by atoms with van der Waals surface area (Å²) in [5, 5.41) is 21.3. The predicted molar refractivity (Wildman–Crippen MR) is 54.1 cm³/mol. The molecule has 0 aromatic heterocycles. The van der Waals surface area contributed by atoms with Gasteiger partial charge in [0, 0.05) is 12.1 Å². The number of aliphatic imine (C=N–C) groups is 1. The van der Waals surface area contributed by atoms with Gasteiger partial charge < -0.3 is 4.74 Å². The number of rotatable bonds is 4. The molecule has 17 heavy (non-hydrogen) atoms. The van der Waals surface area contributed by atoms with Gasteiger partial charge in [-0.25, -0.2) is 4.79 Å². The molecule has 0 bridgehead atoms. The Morgan fingerprint density at radius 3 is 2.00 bits per heavy atom. The van der Waals surface area contributed by atoms with Crippen LogP contribution in [0.4, 0.5) is 17.1 Å². The molecule has 1 aromatic rings. The van der Waals surface area contributed by atoms with Gasteiger partial charge in [0.2, 0.25) is 6.08 Å². The molecule has 0 unspecified atom stereocenters. The Labute approximate surface area is 93.6 Å². The lowest BCUT2D eigenvalue weighted by atomic mass is 10.2. The van der Waals surface area contributed by atoms with Crippen molar-refractivity contribution in [3.8, 4) is 5.75 Å². The van der Waals surface area contributed by atoms with Crippen LogP contribution in [0.25, 0.3) is 0 Å². The number of benzene rings is 1. The van der Waals surface area contributed by atoms with E-state index in [-0.39, 0.29) is 5.69 Å². The summed E-state index contributed by atoms with van der Waals surface area (Å²) in [5.41, 5.74) is -1.52. The van der Waals surface area contributed by atoms with Gasteiger partial charge in [0.15, 0.2) is 0 Å². The van der Waals surface area contributed by atoms with Crippen LogP contribution >= 0.6 is 0 Å². The molecule has 1 aromatic carbocycles. The van der Waals surface area contributed by atoms with Crippen molar-refractivity contribution in [2.75, 3.05) is 7.11 Å². The van der Waals surface area contributed by atoms with E-state index < -0.39 is 27.0 Å². The van der Waals surface area contributed by atoms with Crippen LogP contribution < -0.4 is 4.74 Å². The van der Waals surface area contributed by atoms with E-state index in [9.17, 15) is 25.0 Å². The Kier molecular flexibility index (Phi) is 3.48. The molecule has 0 saturated heterocycles. The lowest BCUT2D eigenvalue weighted by Crippen LogP contribution is -1.98. The highest BCUT2D eigenvalue weighted by atomic mass is 16.6.